The summed E-state index contributed by atoms with van der Waals surface area (Å²) in [4.78, 5) is 11.3. The number of ether oxygens (including phenoxy) is 1. The van der Waals surface area contributed by atoms with E-state index in [9.17, 15) is 4.79 Å². The van der Waals surface area contributed by atoms with E-state index < -0.39 is 16.0 Å². The van der Waals surface area contributed by atoms with Gasteiger partial charge >= 0.3 is 6.09 Å². The largest absolute Gasteiger partial charge is 0.444 e. The smallest absolute Gasteiger partial charge is 0.407 e. The van der Waals surface area contributed by atoms with Gasteiger partial charge in [-0.3, -0.25) is 0 Å². The summed E-state index contributed by atoms with van der Waals surface area (Å²) in [6.45, 7) is 5.46. The first kappa shape index (κ1) is 11.9. The van der Waals surface area contributed by atoms with Gasteiger partial charge in [0.1, 0.15) is 9.93 Å². The lowest BCUT2D eigenvalue weighted by Gasteiger charge is -2.38. The summed E-state index contributed by atoms with van der Waals surface area (Å²) in [6, 6.07) is 0.0415. The summed E-state index contributed by atoms with van der Waals surface area (Å²) in [5.74, 6) is 0. The van der Waals surface area contributed by atoms with Crippen molar-refractivity contribution in [3.63, 3.8) is 0 Å². The number of hydrogen-bond donors (Lipinski definition) is 1. The number of alkyl carbamates (subject to hydrolysis) is 1. The van der Waals surface area contributed by atoms with Crippen molar-refractivity contribution >= 4 is 29.3 Å². The second-order valence-corrected chi connectivity index (χ2v) is 6.25. The number of hydrogen-bond acceptors (Lipinski definition) is 2. The Labute approximate surface area is 94.1 Å². The summed E-state index contributed by atoms with van der Waals surface area (Å²) in [6.07, 6.45) is 0.747. The van der Waals surface area contributed by atoms with Crippen LogP contribution >= 0.6 is 23.2 Å². The van der Waals surface area contributed by atoms with Crippen molar-refractivity contribution in [2.75, 3.05) is 0 Å². The first-order valence-electron chi connectivity index (χ1n) is 4.55. The molecule has 0 aromatic rings. The SMILES string of the molecule is CC(C)(C)OC(=O)NC1CC(Cl)(Cl)C1. The Morgan fingerprint density at radius 1 is 1.43 bits per heavy atom. The van der Waals surface area contributed by atoms with Crippen LogP contribution in [0, 0.1) is 0 Å². The zero-order chi connectivity index (χ0) is 11.0. The molecule has 1 amide bonds. The van der Waals surface area contributed by atoms with Gasteiger partial charge in [0.05, 0.1) is 0 Å². The summed E-state index contributed by atoms with van der Waals surface area (Å²) < 4.78 is 4.41. The molecule has 0 aromatic heterocycles. The van der Waals surface area contributed by atoms with Crippen LogP contribution < -0.4 is 5.32 Å². The average molecular weight is 240 g/mol. The standard InChI is InChI=1S/C9H15Cl2NO2/c1-8(2,3)14-7(13)12-6-4-9(10,11)5-6/h6H,4-5H2,1-3H3,(H,12,13). The third kappa shape index (κ3) is 3.93. The van der Waals surface area contributed by atoms with Crippen molar-refractivity contribution in [1.29, 1.82) is 0 Å². The highest BCUT2D eigenvalue weighted by atomic mass is 35.5. The van der Waals surface area contributed by atoms with E-state index in [0.717, 1.165) is 0 Å². The monoisotopic (exact) mass is 239 g/mol. The molecule has 1 rings (SSSR count). The van der Waals surface area contributed by atoms with E-state index in [4.69, 9.17) is 27.9 Å². The van der Waals surface area contributed by atoms with Gasteiger partial charge in [-0.1, -0.05) is 0 Å². The van der Waals surface area contributed by atoms with Gasteiger partial charge in [-0.2, -0.15) is 0 Å². The van der Waals surface area contributed by atoms with E-state index in [0.29, 0.717) is 12.8 Å². The Bertz CT molecular complexity index is 227. The van der Waals surface area contributed by atoms with Crippen LogP contribution in [0.15, 0.2) is 0 Å². The van der Waals surface area contributed by atoms with E-state index in [1.807, 2.05) is 20.8 Å². The van der Waals surface area contributed by atoms with Gasteiger partial charge in [-0.15, -0.1) is 23.2 Å². The molecular formula is C9H15Cl2NO2. The quantitative estimate of drug-likeness (QED) is 0.715. The Morgan fingerprint density at radius 2 is 1.93 bits per heavy atom. The van der Waals surface area contributed by atoms with Gasteiger partial charge < -0.3 is 10.1 Å². The van der Waals surface area contributed by atoms with Gasteiger partial charge in [0.2, 0.25) is 0 Å². The van der Waals surface area contributed by atoms with Crippen LogP contribution in [-0.4, -0.2) is 22.1 Å². The summed E-state index contributed by atoms with van der Waals surface area (Å²) >= 11 is 11.6. The number of amides is 1. The second kappa shape index (κ2) is 3.78. The van der Waals surface area contributed by atoms with Crippen LogP contribution in [0.5, 0.6) is 0 Å². The van der Waals surface area contributed by atoms with Crippen LogP contribution in [0.2, 0.25) is 0 Å². The molecule has 1 aliphatic carbocycles. The van der Waals surface area contributed by atoms with Gasteiger partial charge in [0.25, 0.3) is 0 Å². The molecule has 0 heterocycles. The molecule has 3 nitrogen and oxygen atoms in total. The number of nitrogens with one attached hydrogen (secondary N) is 1. The number of carbonyl (C=O) groups excluding carboxylic acids is 1. The Morgan fingerprint density at radius 3 is 2.29 bits per heavy atom. The highest BCUT2D eigenvalue weighted by molar-refractivity contribution is 6.49. The predicted octanol–water partition coefficient (Wildman–Crippen LogP) is 2.85. The van der Waals surface area contributed by atoms with Crippen LogP contribution in [-0.2, 0) is 4.74 Å². The molecule has 1 aliphatic rings. The van der Waals surface area contributed by atoms with Gasteiger partial charge in [-0.05, 0) is 20.8 Å². The summed E-state index contributed by atoms with van der Waals surface area (Å²) in [7, 11) is 0. The Kier molecular flexibility index (Phi) is 3.22. The van der Waals surface area contributed by atoms with Crippen LogP contribution in [0.3, 0.4) is 0 Å². The topological polar surface area (TPSA) is 38.3 Å². The van der Waals surface area contributed by atoms with Gasteiger partial charge in [-0.25, -0.2) is 4.79 Å². The number of rotatable bonds is 1. The molecule has 1 fully saturated rings. The van der Waals surface area contributed by atoms with Crippen LogP contribution in [0.1, 0.15) is 33.6 Å². The average Bonchev–Trinajstić information content (AvgIpc) is 1.76. The minimum Gasteiger partial charge on any atom is -0.444 e. The van der Waals surface area contributed by atoms with Gasteiger partial charge in [0, 0.05) is 18.9 Å². The minimum absolute atomic E-state index is 0.0415. The molecule has 0 radical (unpaired) electrons. The zero-order valence-corrected chi connectivity index (χ0v) is 10.1. The van der Waals surface area contributed by atoms with E-state index in [-0.39, 0.29) is 6.04 Å². The fourth-order valence-electron chi connectivity index (χ4n) is 1.24. The second-order valence-electron chi connectivity index (χ2n) is 4.61. The molecule has 0 atom stereocenters. The van der Waals surface area contributed by atoms with Crippen molar-refractivity contribution in [1.82, 2.24) is 5.32 Å². The molecular weight excluding hydrogens is 225 g/mol. The van der Waals surface area contributed by atoms with E-state index in [1.54, 1.807) is 0 Å². The molecule has 5 heteroatoms. The number of alkyl halides is 2. The molecule has 0 spiro atoms. The van der Waals surface area contributed by atoms with E-state index in [1.165, 1.54) is 0 Å². The number of carbonyl (C=O) groups is 1. The van der Waals surface area contributed by atoms with Crippen molar-refractivity contribution < 1.29 is 9.53 Å². The highest BCUT2D eigenvalue weighted by Gasteiger charge is 2.42. The molecule has 0 unspecified atom stereocenters. The lowest BCUT2D eigenvalue weighted by Crippen LogP contribution is -2.50. The number of halogens is 2. The van der Waals surface area contributed by atoms with Crippen molar-refractivity contribution in [3.8, 4) is 0 Å². The normalized spacial score (nSPS) is 21.2. The maximum Gasteiger partial charge on any atom is 0.407 e. The third-order valence-electron chi connectivity index (χ3n) is 1.81. The van der Waals surface area contributed by atoms with Crippen molar-refractivity contribution in [2.45, 2.75) is 49.6 Å². The lowest BCUT2D eigenvalue weighted by atomic mass is 9.92. The predicted molar refractivity (Wildman–Crippen MR) is 56.8 cm³/mol. The molecule has 1 saturated carbocycles. The zero-order valence-electron chi connectivity index (χ0n) is 8.56. The molecule has 0 aromatic carbocycles. The fraction of sp³-hybridized carbons (Fsp3) is 0.889. The Balaban J connectivity index is 2.24. The van der Waals surface area contributed by atoms with Crippen LogP contribution in [0.4, 0.5) is 4.79 Å². The molecule has 0 aliphatic heterocycles. The maximum atomic E-state index is 11.3. The summed E-state index contributed by atoms with van der Waals surface area (Å²) in [5.41, 5.74) is -0.465. The maximum absolute atomic E-state index is 11.3. The molecule has 0 saturated heterocycles. The molecule has 82 valence electrons. The molecule has 0 bridgehead atoms. The van der Waals surface area contributed by atoms with E-state index >= 15 is 0 Å². The fourth-order valence-corrected chi connectivity index (χ4v) is 1.98. The van der Waals surface area contributed by atoms with Crippen molar-refractivity contribution in [2.24, 2.45) is 0 Å². The lowest BCUT2D eigenvalue weighted by molar-refractivity contribution is 0.0476. The van der Waals surface area contributed by atoms with Gasteiger partial charge in [0.15, 0.2) is 0 Å². The highest BCUT2D eigenvalue weighted by Crippen LogP contribution is 2.42. The first-order chi connectivity index (χ1) is 6.18. The van der Waals surface area contributed by atoms with Crippen molar-refractivity contribution in [3.05, 3.63) is 0 Å². The van der Waals surface area contributed by atoms with E-state index in [2.05, 4.69) is 5.32 Å². The first-order valence-corrected chi connectivity index (χ1v) is 5.31. The molecule has 14 heavy (non-hydrogen) atoms. The van der Waals surface area contributed by atoms with Crippen LogP contribution in [0.25, 0.3) is 0 Å². The third-order valence-corrected chi connectivity index (χ3v) is 2.43. The molecule has 1 N–H and O–H groups in total. The summed E-state index contributed by atoms with van der Waals surface area (Å²) in [5, 5.41) is 2.70. The minimum atomic E-state index is -0.667. The Hall–Kier alpha value is -0.150.